The van der Waals surface area contributed by atoms with Crippen molar-refractivity contribution in [2.45, 2.75) is 6.10 Å². The fourth-order valence-electron chi connectivity index (χ4n) is 0.702. The van der Waals surface area contributed by atoms with Gasteiger partial charge in [-0.3, -0.25) is 0 Å². The van der Waals surface area contributed by atoms with Crippen molar-refractivity contribution in [3.8, 4) is 0 Å². The minimum atomic E-state index is -0.430. The minimum Gasteiger partial charge on any atom is -0.460 e. The molecule has 1 aliphatic rings. The molecule has 0 aliphatic carbocycles. The van der Waals surface area contributed by atoms with Crippen molar-refractivity contribution in [3.63, 3.8) is 0 Å². The lowest BCUT2D eigenvalue weighted by molar-refractivity contribution is -0.140. The van der Waals surface area contributed by atoms with Crippen molar-refractivity contribution in [1.29, 1.82) is 0 Å². The standard InChI is InChI=1S/C7H10O4/c1-2-7(8)10-4-6-3-9-5-11-6/h2,6H,1,3-5H2. The quantitative estimate of drug-likeness (QED) is 0.431. The molecule has 0 saturated carbocycles. The maximum absolute atomic E-state index is 10.5. The molecule has 1 fully saturated rings. The molecular formula is C7H10O4. The van der Waals surface area contributed by atoms with Gasteiger partial charge in [-0.25, -0.2) is 4.79 Å². The zero-order chi connectivity index (χ0) is 8.10. The Labute approximate surface area is 64.7 Å². The molecule has 0 radical (unpaired) electrons. The Kier molecular flexibility index (Phi) is 3.07. The minimum absolute atomic E-state index is 0.112. The van der Waals surface area contributed by atoms with Crippen molar-refractivity contribution in [2.24, 2.45) is 0 Å². The highest BCUT2D eigenvalue weighted by atomic mass is 16.7. The topological polar surface area (TPSA) is 44.8 Å². The van der Waals surface area contributed by atoms with Crippen LogP contribution in [0.15, 0.2) is 12.7 Å². The van der Waals surface area contributed by atoms with Crippen molar-refractivity contribution in [1.82, 2.24) is 0 Å². The second kappa shape index (κ2) is 4.10. The fourth-order valence-corrected chi connectivity index (χ4v) is 0.702. The molecule has 0 bridgehead atoms. The molecule has 11 heavy (non-hydrogen) atoms. The first kappa shape index (κ1) is 8.23. The lowest BCUT2D eigenvalue weighted by Gasteiger charge is -2.05. The number of rotatable bonds is 3. The van der Waals surface area contributed by atoms with Gasteiger partial charge in [0.1, 0.15) is 19.5 Å². The molecule has 1 rings (SSSR count). The monoisotopic (exact) mass is 158 g/mol. The van der Waals surface area contributed by atoms with Crippen LogP contribution >= 0.6 is 0 Å². The van der Waals surface area contributed by atoms with E-state index in [0.717, 1.165) is 6.08 Å². The number of hydrogen-bond acceptors (Lipinski definition) is 4. The van der Waals surface area contributed by atoms with Crippen molar-refractivity contribution in [2.75, 3.05) is 20.0 Å². The molecule has 1 aliphatic heterocycles. The lowest BCUT2D eigenvalue weighted by atomic mass is 10.4. The predicted molar refractivity (Wildman–Crippen MR) is 36.8 cm³/mol. The highest BCUT2D eigenvalue weighted by Gasteiger charge is 2.16. The molecule has 0 aromatic rings. The van der Waals surface area contributed by atoms with Gasteiger partial charge in [0.2, 0.25) is 0 Å². The van der Waals surface area contributed by atoms with Crippen LogP contribution in [-0.4, -0.2) is 32.1 Å². The fraction of sp³-hybridized carbons (Fsp3) is 0.571. The third-order valence-electron chi connectivity index (χ3n) is 1.27. The zero-order valence-electron chi connectivity index (χ0n) is 6.12. The summed E-state index contributed by atoms with van der Waals surface area (Å²) in [5.41, 5.74) is 0. The van der Waals surface area contributed by atoms with Crippen LogP contribution < -0.4 is 0 Å². The Bertz CT molecular complexity index is 149. The van der Waals surface area contributed by atoms with Gasteiger partial charge < -0.3 is 14.2 Å². The Morgan fingerprint density at radius 3 is 3.18 bits per heavy atom. The van der Waals surface area contributed by atoms with E-state index in [2.05, 4.69) is 6.58 Å². The van der Waals surface area contributed by atoms with Crippen LogP contribution in [0.3, 0.4) is 0 Å². The van der Waals surface area contributed by atoms with E-state index in [1.807, 2.05) is 0 Å². The average Bonchev–Trinajstić information content (AvgIpc) is 2.52. The zero-order valence-corrected chi connectivity index (χ0v) is 6.12. The number of esters is 1. The molecule has 4 heteroatoms. The third-order valence-corrected chi connectivity index (χ3v) is 1.27. The number of carbonyl (C=O) groups excluding carboxylic acids is 1. The number of ether oxygens (including phenoxy) is 3. The summed E-state index contributed by atoms with van der Waals surface area (Å²) < 4.78 is 14.6. The van der Waals surface area contributed by atoms with E-state index in [4.69, 9.17) is 14.2 Å². The average molecular weight is 158 g/mol. The highest BCUT2D eigenvalue weighted by Crippen LogP contribution is 2.02. The van der Waals surface area contributed by atoms with E-state index in [1.54, 1.807) is 0 Å². The third kappa shape index (κ3) is 2.69. The summed E-state index contributed by atoms with van der Waals surface area (Å²) in [6.45, 7) is 4.28. The molecule has 4 nitrogen and oxygen atoms in total. The Morgan fingerprint density at radius 1 is 1.82 bits per heavy atom. The summed E-state index contributed by atoms with van der Waals surface area (Å²) in [4.78, 5) is 10.5. The summed E-state index contributed by atoms with van der Waals surface area (Å²) in [7, 11) is 0. The van der Waals surface area contributed by atoms with Gasteiger partial charge in [0.25, 0.3) is 0 Å². The first-order chi connectivity index (χ1) is 5.33. The molecule has 62 valence electrons. The van der Waals surface area contributed by atoms with Gasteiger partial charge in [-0.05, 0) is 0 Å². The maximum atomic E-state index is 10.5. The first-order valence-electron chi connectivity index (χ1n) is 3.31. The summed E-state index contributed by atoms with van der Waals surface area (Å²) in [6, 6.07) is 0. The second-order valence-electron chi connectivity index (χ2n) is 2.11. The number of hydrogen-bond donors (Lipinski definition) is 0. The molecule has 1 heterocycles. The van der Waals surface area contributed by atoms with Gasteiger partial charge in [0, 0.05) is 6.08 Å². The van der Waals surface area contributed by atoms with Gasteiger partial charge in [0.05, 0.1) is 6.61 Å². The van der Waals surface area contributed by atoms with Crippen LogP contribution in [0, 0.1) is 0 Å². The van der Waals surface area contributed by atoms with Crippen molar-refractivity contribution >= 4 is 5.97 Å². The van der Waals surface area contributed by atoms with Crippen LogP contribution in [0.5, 0.6) is 0 Å². The summed E-state index contributed by atoms with van der Waals surface area (Å²) in [6.07, 6.45) is 1.01. The lowest BCUT2D eigenvalue weighted by Crippen LogP contribution is -2.19. The summed E-state index contributed by atoms with van der Waals surface area (Å²) in [5.74, 6) is -0.430. The van der Waals surface area contributed by atoms with Gasteiger partial charge in [-0.2, -0.15) is 0 Å². The van der Waals surface area contributed by atoms with Gasteiger partial charge >= 0.3 is 5.97 Å². The van der Waals surface area contributed by atoms with Crippen LogP contribution in [-0.2, 0) is 19.0 Å². The first-order valence-corrected chi connectivity index (χ1v) is 3.31. The molecular weight excluding hydrogens is 148 g/mol. The molecule has 0 spiro atoms. The Balaban J connectivity index is 2.10. The van der Waals surface area contributed by atoms with Gasteiger partial charge in [0.15, 0.2) is 0 Å². The van der Waals surface area contributed by atoms with Crippen LogP contribution in [0.4, 0.5) is 0 Å². The van der Waals surface area contributed by atoms with Crippen LogP contribution in [0.25, 0.3) is 0 Å². The van der Waals surface area contributed by atoms with Crippen LogP contribution in [0.1, 0.15) is 0 Å². The normalized spacial score (nSPS) is 23.1. The van der Waals surface area contributed by atoms with Gasteiger partial charge in [-0.1, -0.05) is 6.58 Å². The van der Waals surface area contributed by atoms with E-state index in [9.17, 15) is 4.79 Å². The van der Waals surface area contributed by atoms with Crippen molar-refractivity contribution < 1.29 is 19.0 Å². The van der Waals surface area contributed by atoms with E-state index in [1.165, 1.54) is 0 Å². The summed E-state index contributed by atoms with van der Waals surface area (Å²) >= 11 is 0. The Hall–Kier alpha value is -0.870. The molecule has 1 unspecified atom stereocenters. The summed E-state index contributed by atoms with van der Waals surface area (Å²) in [5, 5.41) is 0. The molecule has 0 aromatic heterocycles. The van der Waals surface area contributed by atoms with E-state index < -0.39 is 5.97 Å². The number of carbonyl (C=O) groups is 1. The van der Waals surface area contributed by atoms with E-state index in [0.29, 0.717) is 6.61 Å². The van der Waals surface area contributed by atoms with Gasteiger partial charge in [-0.15, -0.1) is 0 Å². The Morgan fingerprint density at radius 2 is 2.64 bits per heavy atom. The van der Waals surface area contributed by atoms with E-state index in [-0.39, 0.29) is 19.5 Å². The molecule has 0 aromatic carbocycles. The molecule has 1 saturated heterocycles. The van der Waals surface area contributed by atoms with E-state index >= 15 is 0 Å². The highest BCUT2D eigenvalue weighted by molar-refractivity contribution is 5.81. The molecule has 0 amide bonds. The van der Waals surface area contributed by atoms with Crippen molar-refractivity contribution in [3.05, 3.63) is 12.7 Å². The predicted octanol–water partition coefficient (Wildman–Crippen LogP) is 0.0885. The largest absolute Gasteiger partial charge is 0.460 e. The smallest absolute Gasteiger partial charge is 0.330 e. The molecule has 1 atom stereocenters. The second-order valence-corrected chi connectivity index (χ2v) is 2.11. The van der Waals surface area contributed by atoms with Crippen LogP contribution in [0.2, 0.25) is 0 Å². The SMILES string of the molecule is C=CC(=O)OCC1COCO1. The molecule has 0 N–H and O–H groups in total. The maximum Gasteiger partial charge on any atom is 0.330 e.